The highest BCUT2D eigenvalue weighted by atomic mass is 16.6. The highest BCUT2D eigenvalue weighted by molar-refractivity contribution is 5.89. The number of aliphatic carboxylic acids is 1. The van der Waals surface area contributed by atoms with E-state index in [-0.39, 0.29) is 24.1 Å². The van der Waals surface area contributed by atoms with Crippen LogP contribution in [-0.4, -0.2) is 66.1 Å². The van der Waals surface area contributed by atoms with Gasteiger partial charge in [0.2, 0.25) is 5.88 Å². The minimum atomic E-state index is -1.02. The number of nitrogens with zero attached hydrogens (tertiary/aromatic N) is 1. The number of nitrogens with one attached hydrogen (secondary N) is 2. The van der Waals surface area contributed by atoms with E-state index in [1.807, 2.05) is 61.5 Å². The maximum Gasteiger partial charge on any atom is 0.408 e. The van der Waals surface area contributed by atoms with Gasteiger partial charge >= 0.3 is 18.0 Å². The molecule has 2 aliphatic carbocycles. The Morgan fingerprint density at radius 2 is 1.82 bits per heavy atom. The number of carbonyl (C=O) groups excluding carboxylic acids is 2. The highest BCUT2D eigenvalue weighted by Crippen LogP contribution is 2.41. The summed E-state index contributed by atoms with van der Waals surface area (Å²) in [6.07, 6.45) is 6.78. The van der Waals surface area contributed by atoms with Crippen molar-refractivity contribution in [2.45, 2.75) is 102 Å². The summed E-state index contributed by atoms with van der Waals surface area (Å²) in [4.78, 5) is 41.7. The van der Waals surface area contributed by atoms with E-state index in [4.69, 9.17) is 23.9 Å². The first kappa shape index (κ1) is 36.0. The topological polar surface area (TPSA) is 145 Å². The van der Waals surface area contributed by atoms with Crippen molar-refractivity contribution < 1.29 is 38.4 Å². The van der Waals surface area contributed by atoms with Crippen molar-refractivity contribution in [3.63, 3.8) is 0 Å². The number of pyridine rings is 1. The van der Waals surface area contributed by atoms with Crippen LogP contribution in [0.15, 0.2) is 54.6 Å². The number of rotatable bonds is 13. The molecule has 0 unspecified atom stereocenters. The van der Waals surface area contributed by atoms with Crippen LogP contribution in [0.5, 0.6) is 11.6 Å². The Kier molecular flexibility index (Phi) is 11.6. The lowest BCUT2D eigenvalue weighted by Crippen LogP contribution is -2.52. The second kappa shape index (κ2) is 16.5. The Morgan fingerprint density at radius 1 is 1.06 bits per heavy atom. The SMILES string of the molecule is COC(=O)[C@@H]1C[C@@H](Oc2nc3ccccc3c(OCc3ccccc3)c2C#CCCC[C@@H]2C[C@H]2OC(=O)N[C@H](C(=O)O)C2(C)CCCCC2)CN1. The van der Waals surface area contributed by atoms with E-state index in [0.717, 1.165) is 62.3 Å². The molecule has 6 rings (SSSR count). The Labute approximate surface area is 298 Å². The third-order valence-electron chi connectivity index (χ3n) is 10.3. The van der Waals surface area contributed by atoms with Gasteiger partial charge in [0.25, 0.3) is 0 Å². The number of hydrogen-bond acceptors (Lipinski definition) is 9. The molecule has 5 atom stereocenters. The number of hydrogen-bond donors (Lipinski definition) is 3. The maximum absolute atomic E-state index is 12.7. The molecule has 1 aliphatic heterocycles. The second-order valence-corrected chi connectivity index (χ2v) is 14.1. The Hall–Kier alpha value is -4.82. The number of benzene rings is 2. The van der Waals surface area contributed by atoms with Gasteiger partial charge in [0.05, 0.1) is 12.6 Å². The number of alkyl carbamates (subject to hydrolysis) is 1. The summed E-state index contributed by atoms with van der Waals surface area (Å²) in [5.74, 6) is 6.42. The van der Waals surface area contributed by atoms with Gasteiger partial charge in [-0.15, -0.1) is 0 Å². The second-order valence-electron chi connectivity index (χ2n) is 14.1. The first-order valence-corrected chi connectivity index (χ1v) is 18.0. The minimum Gasteiger partial charge on any atom is -0.487 e. The number of carboxylic acid groups (broad SMARTS) is 1. The number of fused-ring (bicyclic) bond motifs is 1. The fraction of sp³-hybridized carbons (Fsp3) is 0.500. The number of para-hydroxylation sites is 1. The first-order chi connectivity index (χ1) is 24.7. The van der Waals surface area contributed by atoms with E-state index >= 15 is 0 Å². The predicted octanol–water partition coefficient (Wildman–Crippen LogP) is 6.16. The van der Waals surface area contributed by atoms with E-state index in [0.29, 0.717) is 48.7 Å². The molecular weight excluding hydrogens is 650 g/mol. The standard InChI is InChI=1S/C40H47N3O8/c1-40(20-12-5-13-21-40)35(37(44)45)43-39(47)51-33-22-27(33)16-8-4-9-18-30-34(49-25-26-14-6-3-7-15-26)29-17-10-11-19-31(29)42-36(30)50-28-23-32(41-24-28)38(46)48-2/h3,6-7,10-11,14-15,17,19,27-28,32-33,35,41H,4-5,8,12-13,16,20-25H2,1-2H3,(H,43,47)(H,44,45)/t27-,28-,32+,33-,35-/m1/s1. The van der Waals surface area contributed by atoms with Crippen LogP contribution in [0.4, 0.5) is 4.79 Å². The van der Waals surface area contributed by atoms with Crippen molar-refractivity contribution in [3.8, 4) is 23.5 Å². The Bertz CT molecular complexity index is 1760. The molecule has 2 heterocycles. The monoisotopic (exact) mass is 697 g/mol. The number of carbonyl (C=O) groups is 3. The summed E-state index contributed by atoms with van der Waals surface area (Å²) in [7, 11) is 1.37. The van der Waals surface area contributed by atoms with Gasteiger partial charge in [0.15, 0.2) is 0 Å². The molecule has 1 saturated heterocycles. The number of aromatic nitrogens is 1. The number of esters is 1. The van der Waals surface area contributed by atoms with Crippen molar-refractivity contribution >= 4 is 28.9 Å². The molecule has 51 heavy (non-hydrogen) atoms. The summed E-state index contributed by atoms with van der Waals surface area (Å²) >= 11 is 0. The van der Waals surface area contributed by atoms with Gasteiger partial charge in [-0.3, -0.25) is 4.79 Å². The molecular formula is C40H47N3O8. The van der Waals surface area contributed by atoms with Crippen LogP contribution in [0.3, 0.4) is 0 Å². The average molecular weight is 698 g/mol. The van der Waals surface area contributed by atoms with E-state index in [1.54, 1.807) is 0 Å². The molecule has 3 aromatic rings. The van der Waals surface area contributed by atoms with Crippen LogP contribution in [0, 0.1) is 23.2 Å². The van der Waals surface area contributed by atoms with Crippen LogP contribution < -0.4 is 20.1 Å². The van der Waals surface area contributed by atoms with Gasteiger partial charge in [-0.25, -0.2) is 14.6 Å². The predicted molar refractivity (Wildman–Crippen MR) is 190 cm³/mol. The lowest BCUT2D eigenvalue weighted by atomic mass is 9.70. The summed E-state index contributed by atoms with van der Waals surface area (Å²) < 4.78 is 23.4. The van der Waals surface area contributed by atoms with Crippen molar-refractivity contribution in [1.29, 1.82) is 0 Å². The van der Waals surface area contributed by atoms with Crippen LogP contribution in [0.25, 0.3) is 10.9 Å². The van der Waals surface area contributed by atoms with Crippen LogP contribution in [-0.2, 0) is 25.7 Å². The smallest absolute Gasteiger partial charge is 0.408 e. The fourth-order valence-corrected chi connectivity index (χ4v) is 7.25. The third-order valence-corrected chi connectivity index (χ3v) is 10.3. The van der Waals surface area contributed by atoms with E-state index in [2.05, 4.69) is 22.5 Å². The van der Waals surface area contributed by atoms with E-state index in [1.165, 1.54) is 7.11 Å². The number of ether oxygens (including phenoxy) is 4. The van der Waals surface area contributed by atoms with Crippen molar-refractivity contribution in [2.24, 2.45) is 11.3 Å². The zero-order valence-electron chi connectivity index (χ0n) is 29.3. The molecule has 270 valence electrons. The first-order valence-electron chi connectivity index (χ1n) is 18.0. The molecule has 2 aromatic carbocycles. The maximum atomic E-state index is 12.7. The molecule has 1 aromatic heterocycles. The summed E-state index contributed by atoms with van der Waals surface area (Å²) in [5.41, 5.74) is 1.80. The molecule has 2 saturated carbocycles. The van der Waals surface area contributed by atoms with Gasteiger partial charge in [0.1, 0.15) is 42.2 Å². The zero-order chi connectivity index (χ0) is 35.8. The molecule has 3 N–H and O–H groups in total. The van der Waals surface area contributed by atoms with Gasteiger partial charge in [-0.2, -0.15) is 0 Å². The molecule has 3 aliphatic rings. The van der Waals surface area contributed by atoms with E-state index in [9.17, 15) is 19.5 Å². The summed E-state index contributed by atoms with van der Waals surface area (Å²) in [6, 6.07) is 16.2. The van der Waals surface area contributed by atoms with Crippen LogP contribution >= 0.6 is 0 Å². The number of carboxylic acids is 1. The van der Waals surface area contributed by atoms with Crippen LogP contribution in [0.2, 0.25) is 0 Å². The molecule has 0 radical (unpaired) electrons. The number of unbranched alkanes of at least 4 members (excludes halogenated alkanes) is 1. The normalized spacial score (nSPS) is 22.5. The lowest BCUT2D eigenvalue weighted by molar-refractivity contribution is -0.144. The average Bonchev–Trinajstić information content (AvgIpc) is 3.69. The van der Waals surface area contributed by atoms with Gasteiger partial charge in [-0.05, 0) is 61.1 Å². The van der Waals surface area contributed by atoms with Gasteiger partial charge in [-0.1, -0.05) is 80.5 Å². The van der Waals surface area contributed by atoms with Gasteiger partial charge < -0.3 is 34.7 Å². The zero-order valence-corrected chi connectivity index (χ0v) is 29.3. The molecule has 11 nitrogen and oxygen atoms in total. The molecule has 11 heteroatoms. The van der Waals surface area contributed by atoms with Crippen molar-refractivity contribution in [1.82, 2.24) is 15.6 Å². The van der Waals surface area contributed by atoms with Crippen molar-refractivity contribution in [3.05, 3.63) is 65.7 Å². The summed E-state index contributed by atoms with van der Waals surface area (Å²) in [5, 5.41) is 16.5. The molecule has 0 spiro atoms. The summed E-state index contributed by atoms with van der Waals surface area (Å²) in [6.45, 7) is 2.74. The number of methoxy groups -OCH3 is 1. The Morgan fingerprint density at radius 3 is 2.59 bits per heavy atom. The van der Waals surface area contributed by atoms with Crippen molar-refractivity contribution in [2.75, 3.05) is 13.7 Å². The Balaban J connectivity index is 1.11. The quantitative estimate of drug-likeness (QED) is 0.108. The largest absolute Gasteiger partial charge is 0.487 e. The van der Waals surface area contributed by atoms with E-state index < -0.39 is 29.6 Å². The molecule has 0 bridgehead atoms. The minimum absolute atomic E-state index is 0.217. The molecule has 3 fully saturated rings. The third kappa shape index (κ3) is 9.11. The molecule has 1 amide bonds. The lowest BCUT2D eigenvalue weighted by Gasteiger charge is -2.38. The van der Waals surface area contributed by atoms with Gasteiger partial charge in [0, 0.05) is 24.8 Å². The fourth-order valence-electron chi connectivity index (χ4n) is 7.25. The number of amides is 1. The highest BCUT2D eigenvalue weighted by Gasteiger charge is 2.44. The van der Waals surface area contributed by atoms with Crippen LogP contribution in [0.1, 0.15) is 82.3 Å².